The molecule has 0 saturated carbocycles. The molecule has 0 aliphatic carbocycles. The topological polar surface area (TPSA) is 49.7 Å². The molecule has 0 heterocycles. The van der Waals surface area contributed by atoms with Crippen molar-refractivity contribution < 1.29 is 5.21 Å². The van der Waals surface area contributed by atoms with Crippen molar-refractivity contribution in [2.75, 3.05) is 0 Å². The van der Waals surface area contributed by atoms with Crippen LogP contribution in [0.25, 0.3) is 0 Å². The van der Waals surface area contributed by atoms with Gasteiger partial charge >= 0.3 is 0 Å². The second kappa shape index (κ2) is 26.6. The molecule has 5 heavy (non-hydrogen) atoms. The molecule has 0 atom stereocenters. The van der Waals surface area contributed by atoms with E-state index < -0.39 is 0 Å². The van der Waals surface area contributed by atoms with Crippen molar-refractivity contribution in [2.24, 2.45) is 5.34 Å². The predicted octanol–water partition coefficient (Wildman–Crippen LogP) is 1.30. The van der Waals surface area contributed by atoms with Gasteiger partial charge in [-0.2, -0.15) is 0 Å². The largest absolute Gasteiger partial charge is 0.379 e. The summed E-state index contributed by atoms with van der Waals surface area (Å²) < 4.78 is 0. The molecule has 0 aliphatic rings. The summed E-state index contributed by atoms with van der Waals surface area (Å²) in [7, 11) is 0. The van der Waals surface area contributed by atoms with Gasteiger partial charge in [0, 0.05) is 0 Å². The molecule has 0 saturated heterocycles. The highest BCUT2D eigenvalue weighted by atomic mass is 79.9. The van der Waals surface area contributed by atoms with E-state index in [1.165, 1.54) is 5.34 Å². The van der Waals surface area contributed by atoms with Crippen LogP contribution in [0.4, 0.5) is 0 Å². The minimum absolute atomic E-state index is 0. The highest BCUT2D eigenvalue weighted by Crippen LogP contribution is 1.25. The van der Waals surface area contributed by atoms with Crippen LogP contribution in [0.15, 0.2) is 5.34 Å². The summed E-state index contributed by atoms with van der Waals surface area (Å²) in [5.74, 6) is 0. The highest BCUT2D eigenvalue weighted by molar-refractivity contribution is 8.93. The van der Waals surface area contributed by atoms with Crippen LogP contribution >= 0.6 is 34.0 Å². The van der Waals surface area contributed by atoms with Crippen molar-refractivity contribution in [3.8, 4) is 0 Å². The Balaban J connectivity index is -0.0000000200. The molecule has 0 aliphatic heterocycles. The lowest BCUT2D eigenvalue weighted by Crippen LogP contribution is -1.25. The van der Waals surface area contributed by atoms with Gasteiger partial charge in [-0.25, -0.2) is 0 Å². The van der Waals surface area contributed by atoms with Gasteiger partial charge in [-0.05, 0) is 0 Å². The summed E-state index contributed by atoms with van der Waals surface area (Å²) in [6.45, 7) is 0. The molecule has 0 aromatic rings. The van der Waals surface area contributed by atoms with Crippen molar-refractivity contribution in [3.63, 3.8) is 0 Å². The molecule has 0 bridgehead atoms. The van der Waals surface area contributed by atoms with Crippen LogP contribution in [-0.2, 0) is 0 Å². The average Bonchev–Trinajstić information content (AvgIpc) is 0.918. The first-order valence-electron chi connectivity index (χ1n) is 0.383. The molecule has 0 fully saturated rings. The summed E-state index contributed by atoms with van der Waals surface area (Å²) >= 11 is 0. The standard InChI is InChI=1S/2BrH.HNO2/c;;2-1-3/h2*1H;(H,2,3). The Morgan fingerprint density at radius 3 is 1.40 bits per heavy atom. The van der Waals surface area contributed by atoms with E-state index in [-0.39, 0.29) is 34.0 Å². The fourth-order valence-corrected chi connectivity index (χ4v) is 0. The Hall–Kier alpha value is 0.360. The number of nitrogens with zero attached hydrogens (tertiary/aromatic N) is 1. The Kier molecular flexibility index (Phi) is 97.4. The lowest BCUT2D eigenvalue weighted by atomic mass is 13.4. The Morgan fingerprint density at radius 2 is 1.40 bits per heavy atom. The average molecular weight is 209 g/mol. The van der Waals surface area contributed by atoms with Gasteiger partial charge in [-0.1, -0.05) is 0 Å². The summed E-state index contributed by atoms with van der Waals surface area (Å²) in [5.41, 5.74) is 0. The minimum Gasteiger partial charge on any atom is -0.379 e. The van der Waals surface area contributed by atoms with Crippen molar-refractivity contribution in [2.45, 2.75) is 0 Å². The molecule has 3 nitrogen and oxygen atoms in total. The first kappa shape index (κ1) is 18.3. The summed E-state index contributed by atoms with van der Waals surface area (Å²) in [4.78, 5) is 8.11. The van der Waals surface area contributed by atoms with Gasteiger partial charge in [0.1, 0.15) is 0 Å². The van der Waals surface area contributed by atoms with E-state index in [0.29, 0.717) is 0 Å². The molecule has 0 unspecified atom stereocenters. The van der Waals surface area contributed by atoms with Crippen LogP contribution in [0.3, 0.4) is 0 Å². The van der Waals surface area contributed by atoms with Gasteiger partial charge in [-0.15, -0.1) is 38.9 Å². The van der Waals surface area contributed by atoms with Crippen LogP contribution in [0.2, 0.25) is 0 Å². The van der Waals surface area contributed by atoms with Crippen LogP contribution in [-0.4, -0.2) is 5.21 Å². The number of hydrogen-bond donors (Lipinski definition) is 1. The molecule has 0 amide bonds. The molecule has 0 aromatic heterocycles. The molecule has 34 valence electrons. The summed E-state index contributed by atoms with van der Waals surface area (Å²) in [6.07, 6.45) is 0. The fraction of sp³-hybridized carbons (Fsp3) is 0. The van der Waals surface area contributed by atoms with Crippen molar-refractivity contribution in [3.05, 3.63) is 4.91 Å². The monoisotopic (exact) mass is 207 g/mol. The molecule has 0 spiro atoms. The predicted molar refractivity (Wildman–Crippen MR) is 28.2 cm³/mol. The first-order valence-corrected chi connectivity index (χ1v) is 0.383. The van der Waals surface area contributed by atoms with Gasteiger partial charge in [-0.3, -0.25) is 0 Å². The van der Waals surface area contributed by atoms with Gasteiger partial charge in [0.25, 0.3) is 0 Å². The maximum absolute atomic E-state index is 8.11. The van der Waals surface area contributed by atoms with Gasteiger partial charge < -0.3 is 5.21 Å². The van der Waals surface area contributed by atoms with E-state index in [1.807, 2.05) is 0 Å². The third-order valence-corrected chi connectivity index (χ3v) is 0. The third-order valence-electron chi connectivity index (χ3n) is 0. The van der Waals surface area contributed by atoms with Gasteiger partial charge in [0.05, 0.1) is 0 Å². The summed E-state index contributed by atoms with van der Waals surface area (Å²) in [6, 6.07) is 0. The fourth-order valence-electron chi connectivity index (χ4n) is 0. The lowest BCUT2D eigenvalue weighted by Gasteiger charge is -1.32. The van der Waals surface area contributed by atoms with E-state index in [1.54, 1.807) is 0 Å². The van der Waals surface area contributed by atoms with E-state index in [2.05, 4.69) is 0 Å². The van der Waals surface area contributed by atoms with E-state index in [4.69, 9.17) is 10.1 Å². The minimum atomic E-state index is 0. The molecule has 5 heteroatoms. The first-order chi connectivity index (χ1) is 1.41. The van der Waals surface area contributed by atoms with Gasteiger partial charge in [0.2, 0.25) is 0 Å². The number of rotatable bonds is 0. The van der Waals surface area contributed by atoms with Crippen LogP contribution < -0.4 is 0 Å². The highest BCUT2D eigenvalue weighted by Gasteiger charge is 1.18. The Bertz CT molecular complexity index is 15.1. The Labute approximate surface area is 49.8 Å². The molecule has 0 aromatic carbocycles. The molecule has 1 N–H and O–H groups in total. The second-order valence-corrected chi connectivity index (χ2v) is 0.0816. The molecule has 0 rings (SSSR count). The third kappa shape index (κ3) is 187. The molecular formula is H3Br2NO2. The van der Waals surface area contributed by atoms with Gasteiger partial charge in [0.15, 0.2) is 5.34 Å². The van der Waals surface area contributed by atoms with Crippen molar-refractivity contribution >= 4 is 34.0 Å². The molecular weight excluding hydrogens is 206 g/mol. The zero-order valence-electron chi connectivity index (χ0n) is 2.12. The van der Waals surface area contributed by atoms with E-state index in [9.17, 15) is 0 Å². The van der Waals surface area contributed by atoms with Crippen molar-refractivity contribution in [1.29, 1.82) is 0 Å². The van der Waals surface area contributed by atoms with Crippen LogP contribution in [0.1, 0.15) is 0 Å². The Morgan fingerprint density at radius 1 is 1.40 bits per heavy atom. The maximum atomic E-state index is 8.11. The SMILES string of the molecule is Br.Br.O=NO. The van der Waals surface area contributed by atoms with E-state index >= 15 is 0 Å². The lowest BCUT2D eigenvalue weighted by molar-refractivity contribution is 0.312. The van der Waals surface area contributed by atoms with Crippen LogP contribution in [0, 0.1) is 4.91 Å². The number of hydrogen-bond acceptors (Lipinski definition) is 2. The van der Waals surface area contributed by atoms with E-state index in [0.717, 1.165) is 0 Å². The number of halogens is 2. The second-order valence-electron chi connectivity index (χ2n) is 0.0816. The smallest absolute Gasteiger partial charge is 0.152 e. The molecule has 0 radical (unpaired) electrons. The summed E-state index contributed by atoms with van der Waals surface area (Å²) in [5, 5.41) is 7.89. The maximum Gasteiger partial charge on any atom is 0.152 e. The van der Waals surface area contributed by atoms with Crippen molar-refractivity contribution in [1.82, 2.24) is 0 Å². The quantitative estimate of drug-likeness (QED) is 0.482. The zero-order valence-corrected chi connectivity index (χ0v) is 5.55. The normalized spacial score (nSPS) is 2.40. The van der Waals surface area contributed by atoms with Crippen LogP contribution in [0.5, 0.6) is 0 Å². The zero-order chi connectivity index (χ0) is 2.71.